The maximum absolute atomic E-state index is 12.7. The van der Waals surface area contributed by atoms with E-state index >= 15 is 0 Å². The molecule has 0 saturated carbocycles. The van der Waals surface area contributed by atoms with Crippen LogP contribution < -0.4 is 18.9 Å². The van der Waals surface area contributed by atoms with Crippen molar-refractivity contribution in [2.75, 3.05) is 20.8 Å². The summed E-state index contributed by atoms with van der Waals surface area (Å²) in [5.74, 6) is 0.261. The Morgan fingerprint density at radius 1 is 0.818 bits per heavy atom. The average molecular weight is 448 g/mol. The van der Waals surface area contributed by atoms with Crippen LogP contribution in [0.2, 0.25) is 0 Å². The van der Waals surface area contributed by atoms with Crippen molar-refractivity contribution >= 4 is 17.8 Å². The number of benzene rings is 3. The van der Waals surface area contributed by atoms with Crippen LogP contribution in [0.25, 0.3) is 6.08 Å². The monoisotopic (exact) mass is 448 g/mol. The summed E-state index contributed by atoms with van der Waals surface area (Å²) in [4.78, 5) is 23.7. The normalized spacial score (nSPS) is 10.6. The molecular weight excluding hydrogens is 424 g/mol. The molecule has 0 spiro atoms. The summed E-state index contributed by atoms with van der Waals surface area (Å²) in [6.07, 6.45) is 3.07. The van der Waals surface area contributed by atoms with Crippen molar-refractivity contribution < 1.29 is 33.6 Å². The quantitative estimate of drug-likeness (QED) is 0.337. The lowest BCUT2D eigenvalue weighted by Gasteiger charge is -2.13. The molecule has 170 valence electrons. The zero-order valence-electron chi connectivity index (χ0n) is 18.3. The molecule has 0 aliphatic carbocycles. The Hall–Kier alpha value is -4.26. The van der Waals surface area contributed by atoms with E-state index in [4.69, 9.17) is 24.1 Å². The molecular formula is C26H24O7. The molecule has 0 saturated heterocycles. The molecule has 0 aliphatic heterocycles. The number of carboxylic acid groups (broad SMARTS) is 1. The minimum Gasteiger partial charge on any atom is -0.493 e. The van der Waals surface area contributed by atoms with Crippen molar-refractivity contribution in [1.82, 2.24) is 0 Å². The lowest BCUT2D eigenvalue weighted by atomic mass is 10.1. The average Bonchev–Trinajstić information content (AvgIpc) is 2.85. The van der Waals surface area contributed by atoms with E-state index in [1.54, 1.807) is 43.5 Å². The molecule has 3 rings (SSSR count). The largest absolute Gasteiger partial charge is 0.493 e. The van der Waals surface area contributed by atoms with Gasteiger partial charge in [-0.3, -0.25) is 4.79 Å². The first kappa shape index (κ1) is 23.4. The smallest absolute Gasteiger partial charge is 0.341 e. The van der Waals surface area contributed by atoms with Gasteiger partial charge in [0.2, 0.25) is 0 Å². The number of ether oxygens (including phenoxy) is 4. The number of rotatable bonds is 11. The molecule has 33 heavy (non-hydrogen) atoms. The zero-order valence-corrected chi connectivity index (χ0v) is 18.3. The molecule has 3 aromatic rings. The van der Waals surface area contributed by atoms with E-state index in [9.17, 15) is 9.59 Å². The highest BCUT2D eigenvalue weighted by Gasteiger charge is 2.12. The van der Waals surface area contributed by atoms with E-state index < -0.39 is 12.6 Å². The number of hydrogen-bond acceptors (Lipinski definition) is 6. The van der Waals surface area contributed by atoms with Crippen LogP contribution in [-0.4, -0.2) is 37.7 Å². The van der Waals surface area contributed by atoms with Crippen LogP contribution in [0.15, 0.2) is 72.8 Å². The van der Waals surface area contributed by atoms with E-state index in [1.807, 2.05) is 30.3 Å². The van der Waals surface area contributed by atoms with Crippen molar-refractivity contribution in [1.29, 1.82) is 0 Å². The molecule has 0 unspecified atom stereocenters. The summed E-state index contributed by atoms with van der Waals surface area (Å²) >= 11 is 0. The SMILES string of the molecule is COc1ccc(/C=C/C(=O)c2ccc(OCc3ccccc3)c(OCC(=O)O)c2)cc1OC. The van der Waals surface area contributed by atoms with Crippen molar-refractivity contribution in [3.8, 4) is 23.0 Å². The molecule has 0 fully saturated rings. The molecule has 0 heterocycles. The molecule has 7 heteroatoms. The van der Waals surface area contributed by atoms with Crippen LogP contribution in [0.4, 0.5) is 0 Å². The van der Waals surface area contributed by atoms with Crippen LogP contribution >= 0.6 is 0 Å². The lowest BCUT2D eigenvalue weighted by Crippen LogP contribution is -2.11. The number of carbonyl (C=O) groups excluding carboxylic acids is 1. The molecule has 0 radical (unpaired) electrons. The van der Waals surface area contributed by atoms with E-state index in [1.165, 1.54) is 19.3 Å². The Morgan fingerprint density at radius 3 is 2.24 bits per heavy atom. The molecule has 0 bridgehead atoms. The topological polar surface area (TPSA) is 91.3 Å². The van der Waals surface area contributed by atoms with Gasteiger partial charge in [-0.2, -0.15) is 0 Å². The van der Waals surface area contributed by atoms with Crippen molar-refractivity contribution in [2.24, 2.45) is 0 Å². The first-order chi connectivity index (χ1) is 16.0. The van der Waals surface area contributed by atoms with Gasteiger partial charge in [-0.15, -0.1) is 0 Å². The first-order valence-electron chi connectivity index (χ1n) is 10.1. The van der Waals surface area contributed by atoms with Crippen LogP contribution in [0, 0.1) is 0 Å². The summed E-state index contributed by atoms with van der Waals surface area (Å²) in [6.45, 7) is -0.280. The fourth-order valence-corrected chi connectivity index (χ4v) is 2.99. The molecule has 0 amide bonds. The van der Waals surface area contributed by atoms with Gasteiger partial charge >= 0.3 is 5.97 Å². The van der Waals surface area contributed by atoms with E-state index in [0.717, 1.165) is 11.1 Å². The Morgan fingerprint density at radius 2 is 1.55 bits per heavy atom. The third kappa shape index (κ3) is 6.61. The van der Waals surface area contributed by atoms with Crippen molar-refractivity contribution in [3.05, 3.63) is 89.5 Å². The number of allylic oxidation sites excluding steroid dienone is 1. The number of carboxylic acids is 1. The highest BCUT2D eigenvalue weighted by Crippen LogP contribution is 2.30. The molecule has 3 aromatic carbocycles. The van der Waals surface area contributed by atoms with Crippen molar-refractivity contribution in [2.45, 2.75) is 6.61 Å². The molecule has 1 N–H and O–H groups in total. The van der Waals surface area contributed by atoms with E-state index in [2.05, 4.69) is 0 Å². The number of hydrogen-bond donors (Lipinski definition) is 1. The fourth-order valence-electron chi connectivity index (χ4n) is 2.99. The van der Waals surface area contributed by atoms with Gasteiger partial charge < -0.3 is 24.1 Å². The lowest BCUT2D eigenvalue weighted by molar-refractivity contribution is -0.139. The minimum absolute atomic E-state index is 0.179. The van der Waals surface area contributed by atoms with Gasteiger partial charge in [0.25, 0.3) is 0 Å². The summed E-state index contributed by atoms with van der Waals surface area (Å²) in [7, 11) is 3.09. The van der Waals surface area contributed by atoms with Gasteiger partial charge in [0.1, 0.15) is 6.61 Å². The van der Waals surface area contributed by atoms with Gasteiger partial charge in [-0.25, -0.2) is 4.79 Å². The number of aliphatic carboxylic acids is 1. The Balaban J connectivity index is 1.78. The highest BCUT2D eigenvalue weighted by molar-refractivity contribution is 6.07. The summed E-state index contributed by atoms with van der Waals surface area (Å²) < 4.78 is 21.6. The standard InChI is InChI=1S/C26H24O7/c1-30-22-12-9-18(14-24(22)31-2)8-11-21(27)20-10-13-23(25(15-20)33-17-26(28)29)32-16-19-6-4-3-5-7-19/h3-15H,16-17H2,1-2H3,(H,28,29)/b11-8+. The van der Waals surface area contributed by atoms with Gasteiger partial charge in [0.15, 0.2) is 35.4 Å². The minimum atomic E-state index is -1.13. The Bertz CT molecular complexity index is 1140. The second-order valence-corrected chi connectivity index (χ2v) is 6.93. The second-order valence-electron chi connectivity index (χ2n) is 6.93. The van der Waals surface area contributed by atoms with Crippen molar-refractivity contribution in [3.63, 3.8) is 0 Å². The Labute approximate surface area is 191 Å². The first-order valence-corrected chi connectivity index (χ1v) is 10.1. The third-order valence-electron chi connectivity index (χ3n) is 4.65. The zero-order chi connectivity index (χ0) is 23.6. The van der Waals surface area contributed by atoms with Crippen LogP contribution in [0.5, 0.6) is 23.0 Å². The van der Waals surface area contributed by atoms with E-state index in [0.29, 0.717) is 22.8 Å². The number of methoxy groups -OCH3 is 2. The number of ketones is 1. The van der Waals surface area contributed by atoms with Gasteiger partial charge in [-0.05, 0) is 47.5 Å². The third-order valence-corrected chi connectivity index (χ3v) is 4.65. The summed E-state index contributed by atoms with van der Waals surface area (Å²) in [5, 5.41) is 8.98. The molecule has 0 atom stereocenters. The van der Waals surface area contributed by atoms with Gasteiger partial charge in [-0.1, -0.05) is 42.5 Å². The summed E-state index contributed by atoms with van der Waals surface area (Å²) in [5.41, 5.74) is 2.03. The molecule has 0 aromatic heterocycles. The van der Waals surface area contributed by atoms with E-state index in [-0.39, 0.29) is 18.1 Å². The second kappa shape index (κ2) is 11.4. The predicted octanol–water partition coefficient (Wildman–Crippen LogP) is 4.64. The maximum Gasteiger partial charge on any atom is 0.341 e. The Kier molecular flexibility index (Phi) is 8.07. The van der Waals surface area contributed by atoms with Crippen LogP contribution in [-0.2, 0) is 11.4 Å². The fraction of sp³-hybridized carbons (Fsp3) is 0.154. The predicted molar refractivity (Wildman–Crippen MR) is 123 cm³/mol. The number of carbonyl (C=O) groups is 2. The summed E-state index contributed by atoms with van der Waals surface area (Å²) in [6, 6.07) is 19.5. The van der Waals surface area contributed by atoms with Crippen LogP contribution in [0.3, 0.4) is 0 Å². The molecule has 0 aliphatic rings. The highest BCUT2D eigenvalue weighted by atomic mass is 16.5. The maximum atomic E-state index is 12.7. The van der Waals surface area contributed by atoms with Gasteiger partial charge in [0.05, 0.1) is 14.2 Å². The van der Waals surface area contributed by atoms with Gasteiger partial charge in [0, 0.05) is 5.56 Å². The van der Waals surface area contributed by atoms with Crippen LogP contribution in [0.1, 0.15) is 21.5 Å². The molecule has 7 nitrogen and oxygen atoms in total.